The summed E-state index contributed by atoms with van der Waals surface area (Å²) in [4.78, 5) is 20.0. The molecule has 3 N–H and O–H groups in total. The number of hydrogen-bond acceptors (Lipinski definition) is 4. The van der Waals surface area contributed by atoms with Crippen LogP contribution in [0.4, 0.5) is 4.39 Å². The van der Waals surface area contributed by atoms with Gasteiger partial charge in [-0.2, -0.15) is 11.8 Å². The Bertz CT molecular complexity index is 776. The number of amides is 1. The summed E-state index contributed by atoms with van der Waals surface area (Å²) in [5, 5.41) is 9.16. The summed E-state index contributed by atoms with van der Waals surface area (Å²) in [7, 11) is 1.68. The molecule has 2 aromatic rings. The molecule has 0 aliphatic heterocycles. The topological polar surface area (TPSA) is 78.4 Å². The lowest BCUT2D eigenvalue weighted by Crippen LogP contribution is -2.41. The highest BCUT2D eigenvalue weighted by Crippen LogP contribution is 2.16. The maximum Gasteiger partial charge on any atom is 0.252 e. The van der Waals surface area contributed by atoms with Gasteiger partial charge < -0.3 is 16.0 Å². The van der Waals surface area contributed by atoms with E-state index in [-0.39, 0.29) is 35.7 Å². The van der Waals surface area contributed by atoms with Crippen molar-refractivity contribution in [2.24, 2.45) is 4.99 Å². The van der Waals surface area contributed by atoms with Crippen molar-refractivity contribution in [1.82, 2.24) is 20.9 Å². The Morgan fingerprint density at radius 2 is 1.96 bits per heavy atom. The standard InChI is InChI=1S/C19H24FN5OS.HI/c1-21-19(24-9-8-23-18(26)15-4-3-7-22-11-15)25-12-14-5-6-17(20)10-16(14)13-27-2;/h3-7,10-11H,8-9,12-13H2,1-2H3,(H,23,26)(H2,21,24,25);1H. The average molecular weight is 517 g/mol. The number of aromatic nitrogens is 1. The minimum absolute atomic E-state index is 0. The van der Waals surface area contributed by atoms with E-state index in [4.69, 9.17) is 0 Å². The Morgan fingerprint density at radius 1 is 1.18 bits per heavy atom. The van der Waals surface area contributed by atoms with Crippen LogP contribution < -0.4 is 16.0 Å². The molecule has 0 atom stereocenters. The molecule has 0 spiro atoms. The molecule has 1 aromatic heterocycles. The number of halogens is 2. The van der Waals surface area contributed by atoms with E-state index in [9.17, 15) is 9.18 Å². The molecule has 1 aromatic carbocycles. The van der Waals surface area contributed by atoms with Gasteiger partial charge in [0.05, 0.1) is 5.56 Å². The van der Waals surface area contributed by atoms with Crippen LogP contribution in [0.2, 0.25) is 0 Å². The first kappa shape index (κ1) is 24.2. The summed E-state index contributed by atoms with van der Waals surface area (Å²) in [5.41, 5.74) is 2.52. The molecule has 9 heteroatoms. The number of pyridine rings is 1. The largest absolute Gasteiger partial charge is 0.355 e. The van der Waals surface area contributed by atoms with Crippen molar-refractivity contribution in [2.75, 3.05) is 26.4 Å². The van der Waals surface area contributed by atoms with Crippen molar-refractivity contribution < 1.29 is 9.18 Å². The van der Waals surface area contributed by atoms with E-state index >= 15 is 0 Å². The molecule has 0 aliphatic carbocycles. The van der Waals surface area contributed by atoms with E-state index < -0.39 is 0 Å². The lowest BCUT2D eigenvalue weighted by Gasteiger charge is -2.14. The predicted molar refractivity (Wildman–Crippen MR) is 124 cm³/mol. The number of aliphatic imine (C=N–C) groups is 1. The van der Waals surface area contributed by atoms with Crippen LogP contribution in [0.3, 0.4) is 0 Å². The molecule has 0 saturated heterocycles. The molecule has 6 nitrogen and oxygen atoms in total. The van der Waals surface area contributed by atoms with Crippen LogP contribution in [0, 0.1) is 5.82 Å². The van der Waals surface area contributed by atoms with E-state index in [2.05, 4.69) is 25.9 Å². The number of thioether (sulfide) groups is 1. The van der Waals surface area contributed by atoms with Crippen molar-refractivity contribution in [3.05, 3.63) is 65.2 Å². The van der Waals surface area contributed by atoms with Gasteiger partial charge in [0, 0.05) is 44.8 Å². The van der Waals surface area contributed by atoms with Crippen LogP contribution in [0.1, 0.15) is 21.5 Å². The lowest BCUT2D eigenvalue weighted by molar-refractivity contribution is 0.0954. The highest BCUT2D eigenvalue weighted by Gasteiger charge is 2.06. The molecule has 28 heavy (non-hydrogen) atoms. The van der Waals surface area contributed by atoms with Gasteiger partial charge in [-0.3, -0.25) is 14.8 Å². The van der Waals surface area contributed by atoms with Crippen LogP contribution in [-0.2, 0) is 12.3 Å². The Kier molecular flexibility index (Phi) is 11.5. The molecule has 0 bridgehead atoms. The number of hydrogen-bond donors (Lipinski definition) is 3. The number of benzene rings is 1. The molecule has 0 aliphatic rings. The maximum absolute atomic E-state index is 13.4. The van der Waals surface area contributed by atoms with Crippen molar-refractivity contribution in [2.45, 2.75) is 12.3 Å². The molecular formula is C19H25FIN5OS. The summed E-state index contributed by atoms with van der Waals surface area (Å²) in [5.74, 6) is 0.974. The summed E-state index contributed by atoms with van der Waals surface area (Å²) >= 11 is 1.65. The number of nitrogens with one attached hydrogen (secondary N) is 3. The first-order chi connectivity index (χ1) is 13.1. The summed E-state index contributed by atoms with van der Waals surface area (Å²) in [6.07, 6.45) is 5.14. The van der Waals surface area contributed by atoms with Crippen molar-refractivity contribution in [3.8, 4) is 0 Å². The second-order valence-corrected chi connectivity index (χ2v) is 6.56. The smallest absolute Gasteiger partial charge is 0.252 e. The van der Waals surface area contributed by atoms with E-state index in [1.165, 1.54) is 12.3 Å². The predicted octanol–water partition coefficient (Wildman–Crippen LogP) is 2.80. The minimum Gasteiger partial charge on any atom is -0.355 e. The van der Waals surface area contributed by atoms with Gasteiger partial charge in [-0.25, -0.2) is 4.39 Å². The summed E-state index contributed by atoms with van der Waals surface area (Å²) in [6.45, 7) is 1.51. The van der Waals surface area contributed by atoms with Crippen LogP contribution in [0.25, 0.3) is 0 Å². The number of carbonyl (C=O) groups is 1. The second kappa shape index (κ2) is 13.3. The second-order valence-electron chi connectivity index (χ2n) is 5.70. The normalized spacial score (nSPS) is 10.8. The molecule has 0 radical (unpaired) electrons. The van der Waals surface area contributed by atoms with Crippen LogP contribution in [0.5, 0.6) is 0 Å². The highest BCUT2D eigenvalue weighted by atomic mass is 127. The van der Waals surface area contributed by atoms with Gasteiger partial charge in [-0.15, -0.1) is 24.0 Å². The molecular weight excluding hydrogens is 492 g/mol. The average Bonchev–Trinajstić information content (AvgIpc) is 2.69. The number of guanidine groups is 1. The molecule has 0 unspecified atom stereocenters. The molecule has 1 amide bonds. The van der Waals surface area contributed by atoms with E-state index in [0.717, 1.165) is 16.9 Å². The van der Waals surface area contributed by atoms with Gasteiger partial charge in [0.1, 0.15) is 5.82 Å². The number of nitrogens with zero attached hydrogens (tertiary/aromatic N) is 2. The molecule has 152 valence electrons. The first-order valence-corrected chi connectivity index (χ1v) is 9.92. The molecule has 0 fully saturated rings. The Morgan fingerprint density at radius 3 is 2.64 bits per heavy atom. The van der Waals surface area contributed by atoms with Crippen LogP contribution in [-0.4, -0.2) is 43.2 Å². The zero-order chi connectivity index (χ0) is 19.5. The quantitative estimate of drug-likeness (QED) is 0.217. The number of carbonyl (C=O) groups excluding carboxylic acids is 1. The van der Waals surface area contributed by atoms with Crippen molar-refractivity contribution in [3.63, 3.8) is 0 Å². The molecule has 2 rings (SSSR count). The van der Waals surface area contributed by atoms with Gasteiger partial charge in [-0.1, -0.05) is 6.07 Å². The Balaban J connectivity index is 0.00000392. The fourth-order valence-corrected chi connectivity index (χ4v) is 2.99. The summed E-state index contributed by atoms with van der Waals surface area (Å²) < 4.78 is 13.4. The Labute approximate surface area is 186 Å². The minimum atomic E-state index is -0.227. The highest BCUT2D eigenvalue weighted by molar-refractivity contribution is 14.0. The summed E-state index contributed by atoms with van der Waals surface area (Å²) in [6, 6.07) is 8.25. The lowest BCUT2D eigenvalue weighted by atomic mass is 10.1. The SMILES string of the molecule is CN=C(NCCNC(=O)c1cccnc1)NCc1ccc(F)cc1CSC.I. The molecule has 0 saturated carbocycles. The maximum atomic E-state index is 13.4. The van der Waals surface area contributed by atoms with E-state index in [1.807, 2.05) is 6.26 Å². The van der Waals surface area contributed by atoms with E-state index in [1.54, 1.807) is 49.3 Å². The van der Waals surface area contributed by atoms with Crippen molar-refractivity contribution in [1.29, 1.82) is 0 Å². The third-order valence-electron chi connectivity index (χ3n) is 3.76. The first-order valence-electron chi connectivity index (χ1n) is 8.53. The Hall–Kier alpha value is -1.88. The zero-order valence-corrected chi connectivity index (χ0v) is 19.0. The van der Waals surface area contributed by atoms with Crippen LogP contribution in [0.15, 0.2) is 47.7 Å². The third-order valence-corrected chi connectivity index (χ3v) is 4.36. The fourth-order valence-electron chi connectivity index (χ4n) is 2.41. The van der Waals surface area contributed by atoms with Gasteiger partial charge >= 0.3 is 0 Å². The van der Waals surface area contributed by atoms with Gasteiger partial charge in [0.2, 0.25) is 0 Å². The van der Waals surface area contributed by atoms with Gasteiger partial charge in [-0.05, 0) is 41.6 Å². The number of rotatable bonds is 8. The van der Waals surface area contributed by atoms with E-state index in [0.29, 0.717) is 31.2 Å². The van der Waals surface area contributed by atoms with Crippen molar-refractivity contribution >= 4 is 47.6 Å². The monoisotopic (exact) mass is 517 g/mol. The van der Waals surface area contributed by atoms with Crippen LogP contribution >= 0.6 is 35.7 Å². The third kappa shape index (κ3) is 8.01. The van der Waals surface area contributed by atoms with Gasteiger partial charge in [0.15, 0.2) is 5.96 Å². The van der Waals surface area contributed by atoms with Gasteiger partial charge in [0.25, 0.3) is 5.91 Å². The zero-order valence-electron chi connectivity index (χ0n) is 15.9. The fraction of sp³-hybridized carbons (Fsp3) is 0.316. The molecule has 1 heterocycles.